The molecule has 10 heteroatoms. The number of aromatic nitrogens is 6. The van der Waals surface area contributed by atoms with Crippen molar-refractivity contribution in [1.82, 2.24) is 35.3 Å². The van der Waals surface area contributed by atoms with Crippen molar-refractivity contribution in [3.8, 4) is 5.69 Å². The summed E-state index contributed by atoms with van der Waals surface area (Å²) in [6.07, 6.45) is 6.39. The molecule has 0 aliphatic carbocycles. The summed E-state index contributed by atoms with van der Waals surface area (Å²) in [7, 11) is 0. The first-order chi connectivity index (χ1) is 17.6. The number of carbonyl (C=O) groups is 1. The number of piperidine rings is 1. The molecule has 1 fully saturated rings. The summed E-state index contributed by atoms with van der Waals surface area (Å²) in [6, 6.07) is 12.4. The van der Waals surface area contributed by atoms with E-state index in [1.807, 2.05) is 31.2 Å². The number of benzene rings is 1. The molecule has 0 bridgehead atoms. The van der Waals surface area contributed by atoms with E-state index in [0.717, 1.165) is 35.7 Å². The highest BCUT2D eigenvalue weighted by atomic mass is 19.1. The molecule has 5 heterocycles. The monoisotopic (exact) mass is 482 g/mol. The second kappa shape index (κ2) is 9.04. The lowest BCUT2D eigenvalue weighted by atomic mass is 10.0. The highest BCUT2D eigenvalue weighted by molar-refractivity contribution is 6.10. The van der Waals surface area contributed by atoms with Gasteiger partial charge < -0.3 is 5.32 Å². The number of aryl methyl sites for hydroxylation is 1. The molecule has 0 saturated carbocycles. The van der Waals surface area contributed by atoms with Gasteiger partial charge in [-0.15, -0.1) is 5.10 Å². The van der Waals surface area contributed by atoms with E-state index in [1.165, 1.54) is 16.9 Å². The molecular formula is C26H23FN8O. The maximum Gasteiger partial charge on any atom is 0.281 e. The van der Waals surface area contributed by atoms with Crippen LogP contribution in [0, 0.1) is 12.7 Å². The standard InChI is InChI=1S/C26H23FN8O/c1-16-5-2-6-17-9-12-30-25(22(16)17)34(18-7-3-10-28-14-18)26(36)23-20(27)13-19(15-31-23)35-24-21(32-33-35)8-4-11-29-24/h2,4-6,8-9,11-13,15,18,28H,3,7,10,14H2,1H3/t18-/m1/s1. The number of rotatable bonds is 4. The fourth-order valence-electron chi connectivity index (χ4n) is 4.81. The third-order valence-electron chi connectivity index (χ3n) is 6.55. The Hall–Kier alpha value is -4.31. The summed E-state index contributed by atoms with van der Waals surface area (Å²) >= 11 is 0. The molecule has 1 amide bonds. The zero-order chi connectivity index (χ0) is 24.6. The zero-order valence-corrected chi connectivity index (χ0v) is 19.6. The number of nitrogens with zero attached hydrogens (tertiary/aromatic N) is 7. The van der Waals surface area contributed by atoms with Gasteiger partial charge in [0.1, 0.15) is 11.3 Å². The molecule has 36 heavy (non-hydrogen) atoms. The molecule has 5 aromatic rings. The van der Waals surface area contributed by atoms with Crippen molar-refractivity contribution in [2.75, 3.05) is 18.0 Å². The van der Waals surface area contributed by atoms with Crippen molar-refractivity contribution >= 4 is 33.7 Å². The van der Waals surface area contributed by atoms with Crippen molar-refractivity contribution in [3.05, 3.63) is 78.1 Å². The van der Waals surface area contributed by atoms with Crippen LogP contribution in [0.2, 0.25) is 0 Å². The van der Waals surface area contributed by atoms with Crippen molar-refractivity contribution in [2.45, 2.75) is 25.8 Å². The molecule has 1 atom stereocenters. The Morgan fingerprint density at radius 2 is 2.06 bits per heavy atom. The van der Waals surface area contributed by atoms with Gasteiger partial charge in [0.2, 0.25) is 0 Å². The van der Waals surface area contributed by atoms with Gasteiger partial charge in [-0.25, -0.2) is 19.3 Å². The first-order valence-corrected chi connectivity index (χ1v) is 11.8. The van der Waals surface area contributed by atoms with E-state index in [1.54, 1.807) is 29.4 Å². The molecular weight excluding hydrogens is 459 g/mol. The van der Waals surface area contributed by atoms with Crippen LogP contribution in [0.4, 0.5) is 10.2 Å². The minimum Gasteiger partial charge on any atom is -0.315 e. The summed E-state index contributed by atoms with van der Waals surface area (Å²) in [4.78, 5) is 28.7. The topological polar surface area (TPSA) is 102 Å². The molecule has 1 N–H and O–H groups in total. The van der Waals surface area contributed by atoms with E-state index < -0.39 is 11.7 Å². The molecule has 0 radical (unpaired) electrons. The van der Waals surface area contributed by atoms with E-state index >= 15 is 4.39 Å². The number of nitrogens with one attached hydrogen (secondary N) is 1. The number of anilines is 1. The molecule has 1 aromatic carbocycles. The SMILES string of the molecule is Cc1cccc2ccnc(N(C(=O)c3ncc(-n4nnc5cccnc54)cc3F)[C@@H]3CCCNC3)c12. The molecule has 1 aliphatic rings. The summed E-state index contributed by atoms with van der Waals surface area (Å²) < 4.78 is 16.9. The minimum absolute atomic E-state index is 0.187. The second-order valence-electron chi connectivity index (χ2n) is 8.85. The van der Waals surface area contributed by atoms with Crippen LogP contribution in [0.3, 0.4) is 0 Å². The third-order valence-corrected chi connectivity index (χ3v) is 6.55. The smallest absolute Gasteiger partial charge is 0.281 e. The first kappa shape index (κ1) is 22.2. The number of pyridine rings is 3. The largest absolute Gasteiger partial charge is 0.315 e. The molecule has 1 saturated heterocycles. The Labute approximate surface area is 206 Å². The molecule has 180 valence electrons. The van der Waals surface area contributed by atoms with Crippen LogP contribution >= 0.6 is 0 Å². The average Bonchev–Trinajstić information content (AvgIpc) is 3.34. The Balaban J connectivity index is 1.45. The van der Waals surface area contributed by atoms with E-state index in [2.05, 4.69) is 30.6 Å². The maximum absolute atomic E-state index is 15.5. The van der Waals surface area contributed by atoms with Crippen molar-refractivity contribution in [2.24, 2.45) is 0 Å². The fraction of sp³-hybridized carbons (Fsp3) is 0.231. The van der Waals surface area contributed by atoms with Crippen molar-refractivity contribution in [1.29, 1.82) is 0 Å². The number of fused-ring (bicyclic) bond motifs is 2. The number of hydrogen-bond donors (Lipinski definition) is 1. The lowest BCUT2D eigenvalue weighted by molar-refractivity contribution is 0.0962. The Morgan fingerprint density at radius 3 is 2.89 bits per heavy atom. The number of carbonyl (C=O) groups excluding carboxylic acids is 1. The predicted octanol–water partition coefficient (Wildman–Crippen LogP) is 3.61. The number of amides is 1. The van der Waals surface area contributed by atoms with Gasteiger partial charge in [0.25, 0.3) is 5.91 Å². The number of halogens is 1. The fourth-order valence-corrected chi connectivity index (χ4v) is 4.81. The van der Waals surface area contributed by atoms with E-state index in [9.17, 15) is 4.79 Å². The van der Waals surface area contributed by atoms with Crippen LogP contribution in [-0.4, -0.2) is 55.0 Å². The molecule has 9 nitrogen and oxygen atoms in total. The Bertz CT molecular complexity index is 1590. The maximum atomic E-state index is 15.5. The van der Waals surface area contributed by atoms with E-state index in [-0.39, 0.29) is 11.7 Å². The minimum atomic E-state index is -0.747. The molecule has 4 aromatic heterocycles. The molecule has 6 rings (SSSR count). The van der Waals surface area contributed by atoms with Gasteiger partial charge in [0, 0.05) is 30.4 Å². The highest BCUT2D eigenvalue weighted by Crippen LogP contribution is 2.31. The molecule has 1 aliphatic heterocycles. The van der Waals surface area contributed by atoms with Crippen LogP contribution in [-0.2, 0) is 0 Å². The summed E-state index contributed by atoms with van der Waals surface area (Å²) in [5, 5.41) is 13.3. The summed E-state index contributed by atoms with van der Waals surface area (Å²) in [6.45, 7) is 3.45. The highest BCUT2D eigenvalue weighted by Gasteiger charge is 2.32. The van der Waals surface area contributed by atoms with Gasteiger partial charge in [-0.3, -0.25) is 9.69 Å². The van der Waals surface area contributed by atoms with Gasteiger partial charge in [-0.1, -0.05) is 23.4 Å². The quantitative estimate of drug-likeness (QED) is 0.418. The van der Waals surface area contributed by atoms with Crippen LogP contribution in [0.1, 0.15) is 28.9 Å². The van der Waals surface area contributed by atoms with Crippen LogP contribution in [0.5, 0.6) is 0 Å². The Kier molecular flexibility index (Phi) is 5.57. The lowest BCUT2D eigenvalue weighted by Crippen LogP contribution is -2.50. The van der Waals surface area contributed by atoms with Crippen molar-refractivity contribution in [3.63, 3.8) is 0 Å². The predicted molar refractivity (Wildman–Crippen MR) is 134 cm³/mol. The third kappa shape index (κ3) is 3.75. The van der Waals surface area contributed by atoms with Gasteiger partial charge in [0.05, 0.1) is 17.9 Å². The summed E-state index contributed by atoms with van der Waals surface area (Å²) in [5.74, 6) is -0.763. The summed E-state index contributed by atoms with van der Waals surface area (Å²) in [5.41, 5.74) is 2.10. The van der Waals surface area contributed by atoms with Crippen molar-refractivity contribution < 1.29 is 9.18 Å². The lowest BCUT2D eigenvalue weighted by Gasteiger charge is -2.34. The van der Waals surface area contributed by atoms with Gasteiger partial charge in [0.15, 0.2) is 17.2 Å². The Morgan fingerprint density at radius 1 is 1.14 bits per heavy atom. The van der Waals surface area contributed by atoms with Gasteiger partial charge in [-0.2, -0.15) is 4.68 Å². The average molecular weight is 483 g/mol. The first-order valence-electron chi connectivity index (χ1n) is 11.8. The van der Waals surface area contributed by atoms with Crippen LogP contribution in [0.15, 0.2) is 61.1 Å². The molecule has 0 unspecified atom stereocenters. The molecule has 0 spiro atoms. The number of hydrogen-bond acceptors (Lipinski definition) is 7. The van der Waals surface area contributed by atoms with Gasteiger partial charge in [-0.05, 0) is 55.5 Å². The van der Waals surface area contributed by atoms with E-state index in [4.69, 9.17) is 0 Å². The van der Waals surface area contributed by atoms with Gasteiger partial charge >= 0.3 is 0 Å². The normalized spacial score (nSPS) is 15.9. The van der Waals surface area contributed by atoms with Crippen LogP contribution < -0.4 is 10.2 Å². The van der Waals surface area contributed by atoms with E-state index in [0.29, 0.717) is 29.2 Å². The zero-order valence-electron chi connectivity index (χ0n) is 19.6. The van der Waals surface area contributed by atoms with Crippen LogP contribution in [0.25, 0.3) is 27.6 Å². The second-order valence-corrected chi connectivity index (χ2v) is 8.85.